The number of β-amino-alcohol motifs (C(OH)–C–C–N with tert-alkyl or cyclic N) is 1. The van der Waals surface area contributed by atoms with Gasteiger partial charge in [-0.15, -0.1) is 0 Å². The number of aliphatic hydroxyl groups excluding tert-OH is 1. The molecule has 1 aliphatic rings. The minimum absolute atomic E-state index is 0.0693. The quantitative estimate of drug-likeness (QED) is 0.696. The molecule has 0 aromatic rings. The molecule has 1 aliphatic heterocycles. The molecule has 0 bridgehead atoms. The third kappa shape index (κ3) is 4.84. The molecule has 0 aromatic heterocycles. The van der Waals surface area contributed by atoms with E-state index in [1.165, 1.54) is 0 Å². The number of likely N-dealkylation sites (tertiary alicyclic amines) is 1. The van der Waals surface area contributed by atoms with Crippen LogP contribution in [0.25, 0.3) is 0 Å². The summed E-state index contributed by atoms with van der Waals surface area (Å²) in [5.41, 5.74) is -0.468. The molecule has 0 aromatic carbocycles. The van der Waals surface area contributed by atoms with Gasteiger partial charge < -0.3 is 14.7 Å². The van der Waals surface area contributed by atoms with Crippen LogP contribution in [0.4, 0.5) is 4.79 Å². The van der Waals surface area contributed by atoms with Crippen molar-refractivity contribution in [2.75, 3.05) is 6.54 Å². The molecule has 1 amide bonds. The number of carbonyl (C=O) groups excluding carboxylic acids is 1. The van der Waals surface area contributed by atoms with Gasteiger partial charge in [-0.3, -0.25) is 0 Å². The maximum Gasteiger partial charge on any atom is 0.410 e. The second-order valence-corrected chi connectivity index (χ2v) is 4.87. The standard InChI is InChI=1S/C10H19NO3.C2H6/c1-7-5-8(12)6-11(7)9(13)14-10(2,3)4;1-2/h7-8,12H,5-6H2,1-4H3;1-2H3. The van der Waals surface area contributed by atoms with Crippen molar-refractivity contribution in [3.63, 3.8) is 0 Å². The minimum atomic E-state index is -0.468. The van der Waals surface area contributed by atoms with Crippen LogP contribution < -0.4 is 0 Å². The number of ether oxygens (including phenoxy) is 1. The molecule has 4 heteroatoms. The van der Waals surface area contributed by atoms with Crippen molar-refractivity contribution in [2.24, 2.45) is 0 Å². The van der Waals surface area contributed by atoms with Crippen molar-refractivity contribution in [1.82, 2.24) is 4.90 Å². The van der Waals surface area contributed by atoms with Gasteiger partial charge in [0.2, 0.25) is 0 Å². The minimum Gasteiger partial charge on any atom is -0.444 e. The Morgan fingerprint density at radius 2 is 1.88 bits per heavy atom. The third-order valence-electron chi connectivity index (χ3n) is 2.18. The average Bonchev–Trinajstić information content (AvgIpc) is 2.46. The fourth-order valence-electron chi connectivity index (χ4n) is 1.58. The van der Waals surface area contributed by atoms with Gasteiger partial charge in [0.15, 0.2) is 0 Å². The highest BCUT2D eigenvalue weighted by molar-refractivity contribution is 5.69. The molecule has 0 aliphatic carbocycles. The first-order valence-corrected chi connectivity index (χ1v) is 5.97. The summed E-state index contributed by atoms with van der Waals surface area (Å²) < 4.78 is 5.22. The summed E-state index contributed by atoms with van der Waals surface area (Å²) in [5, 5.41) is 9.37. The van der Waals surface area contributed by atoms with Crippen LogP contribution in [0, 0.1) is 0 Å². The monoisotopic (exact) mass is 231 g/mol. The molecule has 96 valence electrons. The van der Waals surface area contributed by atoms with Crippen LogP contribution >= 0.6 is 0 Å². The molecule has 0 radical (unpaired) electrons. The maximum atomic E-state index is 11.6. The number of hydrogen-bond acceptors (Lipinski definition) is 3. The van der Waals surface area contributed by atoms with E-state index in [-0.39, 0.29) is 12.1 Å². The van der Waals surface area contributed by atoms with Crippen molar-refractivity contribution < 1.29 is 14.6 Å². The highest BCUT2D eigenvalue weighted by Gasteiger charge is 2.33. The lowest BCUT2D eigenvalue weighted by molar-refractivity contribution is 0.0220. The average molecular weight is 231 g/mol. The summed E-state index contributed by atoms with van der Waals surface area (Å²) in [6.07, 6.45) is -0.0988. The van der Waals surface area contributed by atoms with Crippen LogP contribution in [0.15, 0.2) is 0 Å². The first-order chi connectivity index (χ1) is 7.29. The van der Waals surface area contributed by atoms with E-state index in [0.717, 1.165) is 0 Å². The number of carbonyl (C=O) groups is 1. The number of rotatable bonds is 0. The molecular weight excluding hydrogens is 206 g/mol. The zero-order valence-electron chi connectivity index (χ0n) is 11.3. The first-order valence-electron chi connectivity index (χ1n) is 5.97. The predicted molar refractivity (Wildman–Crippen MR) is 64.4 cm³/mol. The Morgan fingerprint density at radius 3 is 2.19 bits per heavy atom. The van der Waals surface area contributed by atoms with Gasteiger partial charge in [-0.2, -0.15) is 0 Å². The molecule has 1 saturated heterocycles. The highest BCUT2D eigenvalue weighted by Crippen LogP contribution is 2.20. The van der Waals surface area contributed by atoms with Crippen LogP contribution in [0.3, 0.4) is 0 Å². The molecule has 1 N–H and O–H groups in total. The molecule has 2 unspecified atom stereocenters. The van der Waals surface area contributed by atoms with Gasteiger partial charge in [0, 0.05) is 6.04 Å². The Balaban J connectivity index is 0.00000106. The van der Waals surface area contributed by atoms with Gasteiger partial charge >= 0.3 is 6.09 Å². The molecule has 1 fully saturated rings. The van der Waals surface area contributed by atoms with Crippen LogP contribution in [-0.4, -0.2) is 40.4 Å². The van der Waals surface area contributed by atoms with E-state index in [0.29, 0.717) is 13.0 Å². The Hall–Kier alpha value is -0.770. The van der Waals surface area contributed by atoms with E-state index in [9.17, 15) is 9.90 Å². The summed E-state index contributed by atoms with van der Waals surface area (Å²) in [6, 6.07) is 0.0693. The number of aliphatic hydroxyl groups is 1. The number of amides is 1. The molecule has 1 heterocycles. The van der Waals surface area contributed by atoms with Gasteiger partial charge in [-0.05, 0) is 34.1 Å². The lowest BCUT2D eigenvalue weighted by Gasteiger charge is -2.26. The highest BCUT2D eigenvalue weighted by atomic mass is 16.6. The smallest absolute Gasteiger partial charge is 0.410 e. The fraction of sp³-hybridized carbons (Fsp3) is 0.917. The maximum absolute atomic E-state index is 11.6. The van der Waals surface area contributed by atoms with E-state index in [1.807, 2.05) is 41.5 Å². The van der Waals surface area contributed by atoms with E-state index in [4.69, 9.17) is 4.74 Å². The lowest BCUT2D eigenvalue weighted by atomic mass is 10.2. The first kappa shape index (κ1) is 15.2. The van der Waals surface area contributed by atoms with Gasteiger partial charge in [0.05, 0.1) is 12.6 Å². The zero-order chi connectivity index (χ0) is 12.9. The SMILES string of the molecule is CC.CC1CC(O)CN1C(=O)OC(C)(C)C. The Kier molecular flexibility index (Phi) is 5.79. The Bertz CT molecular complexity index is 223. The van der Waals surface area contributed by atoms with Crippen molar-refractivity contribution in [3.8, 4) is 0 Å². The molecular formula is C12H25NO3. The number of hydrogen-bond donors (Lipinski definition) is 1. The largest absolute Gasteiger partial charge is 0.444 e. The molecule has 16 heavy (non-hydrogen) atoms. The normalized spacial score (nSPS) is 24.8. The van der Waals surface area contributed by atoms with Gasteiger partial charge in [-0.25, -0.2) is 4.79 Å². The Morgan fingerprint density at radius 1 is 1.38 bits per heavy atom. The molecule has 2 atom stereocenters. The van der Waals surface area contributed by atoms with Crippen molar-refractivity contribution in [3.05, 3.63) is 0 Å². The van der Waals surface area contributed by atoms with E-state index in [1.54, 1.807) is 4.90 Å². The van der Waals surface area contributed by atoms with Crippen molar-refractivity contribution >= 4 is 6.09 Å². The molecule has 0 saturated carbocycles. The van der Waals surface area contributed by atoms with Gasteiger partial charge in [0.25, 0.3) is 0 Å². The summed E-state index contributed by atoms with van der Waals surface area (Å²) in [5.74, 6) is 0. The van der Waals surface area contributed by atoms with Crippen LogP contribution in [-0.2, 0) is 4.74 Å². The summed E-state index contributed by atoms with van der Waals surface area (Å²) >= 11 is 0. The second-order valence-electron chi connectivity index (χ2n) is 4.87. The van der Waals surface area contributed by atoms with E-state index < -0.39 is 11.7 Å². The van der Waals surface area contributed by atoms with Crippen molar-refractivity contribution in [1.29, 1.82) is 0 Å². The summed E-state index contributed by atoms with van der Waals surface area (Å²) in [4.78, 5) is 13.2. The van der Waals surface area contributed by atoms with Gasteiger partial charge in [-0.1, -0.05) is 13.8 Å². The molecule has 0 spiro atoms. The Labute approximate surface area is 98.6 Å². The summed E-state index contributed by atoms with van der Waals surface area (Å²) in [6.45, 7) is 11.8. The van der Waals surface area contributed by atoms with Crippen LogP contribution in [0.5, 0.6) is 0 Å². The molecule has 4 nitrogen and oxygen atoms in total. The van der Waals surface area contributed by atoms with Gasteiger partial charge in [0.1, 0.15) is 5.60 Å². The third-order valence-corrected chi connectivity index (χ3v) is 2.18. The second kappa shape index (κ2) is 6.09. The summed E-state index contributed by atoms with van der Waals surface area (Å²) in [7, 11) is 0. The van der Waals surface area contributed by atoms with E-state index in [2.05, 4.69) is 0 Å². The lowest BCUT2D eigenvalue weighted by Crippen LogP contribution is -2.39. The number of nitrogens with zero attached hydrogens (tertiary/aromatic N) is 1. The molecule has 1 rings (SSSR count). The van der Waals surface area contributed by atoms with Crippen LogP contribution in [0.1, 0.15) is 48.0 Å². The predicted octanol–water partition coefficient (Wildman–Crippen LogP) is 2.40. The zero-order valence-corrected chi connectivity index (χ0v) is 11.3. The van der Waals surface area contributed by atoms with Crippen molar-refractivity contribution in [2.45, 2.75) is 65.7 Å². The van der Waals surface area contributed by atoms with Crippen LogP contribution in [0.2, 0.25) is 0 Å². The van der Waals surface area contributed by atoms with E-state index >= 15 is 0 Å². The topological polar surface area (TPSA) is 49.8 Å². The fourth-order valence-corrected chi connectivity index (χ4v) is 1.58.